The fourth-order valence-electron chi connectivity index (χ4n) is 4.58. The summed E-state index contributed by atoms with van der Waals surface area (Å²) in [5.41, 5.74) is 3.64. The zero-order valence-corrected chi connectivity index (χ0v) is 25.7. The molecule has 1 aliphatic heterocycles. The molecule has 14 heteroatoms. The Morgan fingerprint density at radius 3 is 2.47 bits per heavy atom. The van der Waals surface area contributed by atoms with Gasteiger partial charge in [-0.2, -0.15) is 0 Å². The van der Waals surface area contributed by atoms with Crippen LogP contribution in [0.5, 0.6) is 0 Å². The highest BCUT2D eigenvalue weighted by molar-refractivity contribution is 7.13. The average molecular weight is 620 g/mol. The van der Waals surface area contributed by atoms with E-state index in [1.807, 2.05) is 31.2 Å². The molecule has 1 saturated heterocycles. The van der Waals surface area contributed by atoms with E-state index >= 15 is 0 Å². The molecule has 1 aromatic carbocycles. The Balaban J connectivity index is 1.47. The van der Waals surface area contributed by atoms with Gasteiger partial charge in [0.1, 0.15) is 12.6 Å². The monoisotopic (exact) mass is 619 g/mol. The molecule has 0 bridgehead atoms. The van der Waals surface area contributed by atoms with Gasteiger partial charge >= 0.3 is 6.09 Å². The number of likely N-dealkylation sites (tertiary alicyclic amines) is 1. The van der Waals surface area contributed by atoms with Crippen LogP contribution in [0.25, 0.3) is 10.4 Å². The lowest BCUT2D eigenvalue weighted by atomic mass is 9.83. The van der Waals surface area contributed by atoms with Gasteiger partial charge in [-0.25, -0.2) is 9.78 Å². The van der Waals surface area contributed by atoms with Gasteiger partial charge in [0.25, 0.3) is 0 Å². The highest BCUT2D eigenvalue weighted by atomic mass is 32.1. The van der Waals surface area contributed by atoms with Crippen molar-refractivity contribution in [3.05, 3.63) is 41.0 Å². The van der Waals surface area contributed by atoms with Crippen LogP contribution in [0, 0.1) is 12.3 Å². The zero-order chi connectivity index (χ0) is 31.6. The normalized spacial score (nSPS) is 17.4. The van der Waals surface area contributed by atoms with Crippen LogP contribution in [0.15, 0.2) is 29.8 Å². The minimum absolute atomic E-state index is 0.0228. The molecule has 4 amide bonds. The number of aryl methyl sites for hydroxylation is 1. The van der Waals surface area contributed by atoms with E-state index < -0.39 is 35.6 Å². The molecule has 5 N–H and O–H groups in total. The number of amides is 4. The number of aromatic nitrogens is 1. The third-order valence-electron chi connectivity index (χ3n) is 7.41. The van der Waals surface area contributed by atoms with E-state index in [4.69, 9.17) is 14.6 Å². The Kier molecular flexibility index (Phi) is 12.4. The van der Waals surface area contributed by atoms with Crippen LogP contribution in [0.3, 0.4) is 0 Å². The lowest BCUT2D eigenvalue weighted by molar-refractivity contribution is -0.147. The van der Waals surface area contributed by atoms with Gasteiger partial charge < -0.3 is 40.5 Å². The van der Waals surface area contributed by atoms with Crippen LogP contribution < -0.4 is 16.0 Å². The van der Waals surface area contributed by atoms with E-state index in [1.165, 1.54) is 4.90 Å². The molecule has 2 heterocycles. The van der Waals surface area contributed by atoms with Gasteiger partial charge in [0.15, 0.2) is 0 Å². The van der Waals surface area contributed by atoms with Gasteiger partial charge in [0.05, 0.1) is 47.4 Å². The van der Waals surface area contributed by atoms with Crippen molar-refractivity contribution in [3.63, 3.8) is 0 Å². The number of hydrogen-bond donors (Lipinski definition) is 5. The number of ether oxygens (including phenoxy) is 2. The van der Waals surface area contributed by atoms with Crippen LogP contribution in [0.1, 0.15) is 38.4 Å². The van der Waals surface area contributed by atoms with Crippen LogP contribution in [-0.2, 0) is 30.4 Å². The first-order valence-corrected chi connectivity index (χ1v) is 15.0. The molecule has 0 unspecified atom stereocenters. The van der Waals surface area contributed by atoms with Crippen molar-refractivity contribution >= 4 is 35.2 Å². The molecular weight excluding hydrogens is 578 g/mol. The standard InChI is InChI=1S/C29H41N5O8S/c1-18-25(43-17-32-18)21-7-5-20(6-8-21)14-31-26(37)23-13-22(35)15-34(23)27(38)29(3,4)19(2)33-24(36)16-42-12-11-41-10-9-30-28(39)40/h5-8,17,19,22-23,30,35H,9-16H2,1-4H3,(H,31,37)(H,33,36)(H,39,40)/t19-,22+,23-/m0/s1. The van der Waals surface area contributed by atoms with Crippen LogP contribution in [-0.4, -0.2) is 102 Å². The molecule has 1 aromatic heterocycles. The Morgan fingerprint density at radius 1 is 1.12 bits per heavy atom. The second kappa shape index (κ2) is 15.8. The van der Waals surface area contributed by atoms with E-state index in [9.17, 15) is 24.3 Å². The van der Waals surface area contributed by atoms with Crippen LogP contribution in [0.2, 0.25) is 0 Å². The van der Waals surface area contributed by atoms with E-state index in [0.717, 1.165) is 21.7 Å². The Labute approximate surface area is 255 Å². The van der Waals surface area contributed by atoms with Gasteiger partial charge in [-0.3, -0.25) is 14.4 Å². The summed E-state index contributed by atoms with van der Waals surface area (Å²) in [4.78, 5) is 56.4. The molecule has 0 aliphatic carbocycles. The number of carbonyl (C=O) groups is 4. The molecular formula is C29H41N5O8S. The van der Waals surface area contributed by atoms with Crippen molar-refractivity contribution in [2.24, 2.45) is 5.41 Å². The number of carboxylic acid groups (broad SMARTS) is 1. The van der Waals surface area contributed by atoms with Gasteiger partial charge in [-0.1, -0.05) is 24.3 Å². The second-order valence-electron chi connectivity index (χ2n) is 11.0. The number of rotatable bonds is 15. The predicted octanol–water partition coefficient (Wildman–Crippen LogP) is 1.53. The van der Waals surface area contributed by atoms with Crippen LogP contribution in [0.4, 0.5) is 4.79 Å². The lowest BCUT2D eigenvalue weighted by Gasteiger charge is -2.36. The summed E-state index contributed by atoms with van der Waals surface area (Å²) in [5.74, 6) is -1.13. The van der Waals surface area contributed by atoms with E-state index in [1.54, 1.807) is 37.6 Å². The molecule has 1 fully saturated rings. The third-order valence-corrected chi connectivity index (χ3v) is 8.39. The summed E-state index contributed by atoms with van der Waals surface area (Å²) in [6.45, 7) is 7.73. The summed E-state index contributed by atoms with van der Waals surface area (Å²) in [7, 11) is 0. The number of β-amino-alcohol motifs (C(OH)–C–C–N with tert-alkyl or cyclic N) is 1. The number of hydrogen-bond acceptors (Lipinski definition) is 9. The maximum atomic E-state index is 13.6. The summed E-state index contributed by atoms with van der Waals surface area (Å²) in [6, 6.07) is 6.40. The van der Waals surface area contributed by atoms with Crippen molar-refractivity contribution in [1.82, 2.24) is 25.8 Å². The first-order chi connectivity index (χ1) is 20.4. The Bertz CT molecular complexity index is 1250. The second-order valence-corrected chi connectivity index (χ2v) is 11.8. The molecule has 1 aliphatic rings. The molecule has 2 aromatic rings. The fraction of sp³-hybridized carbons (Fsp3) is 0.552. The maximum Gasteiger partial charge on any atom is 0.404 e. The van der Waals surface area contributed by atoms with Crippen molar-refractivity contribution < 1.29 is 38.9 Å². The smallest absolute Gasteiger partial charge is 0.404 e. The maximum absolute atomic E-state index is 13.6. The van der Waals surface area contributed by atoms with E-state index in [2.05, 4.69) is 20.9 Å². The van der Waals surface area contributed by atoms with E-state index in [-0.39, 0.29) is 64.3 Å². The molecule has 3 atom stereocenters. The Hall–Kier alpha value is -3.59. The van der Waals surface area contributed by atoms with E-state index in [0.29, 0.717) is 0 Å². The molecule has 236 valence electrons. The quantitative estimate of drug-likeness (QED) is 0.185. The average Bonchev–Trinajstić information content (AvgIpc) is 3.57. The number of nitrogens with one attached hydrogen (secondary N) is 3. The number of aliphatic hydroxyl groups excluding tert-OH is 1. The molecule has 0 saturated carbocycles. The van der Waals surface area contributed by atoms with Gasteiger partial charge in [-0.15, -0.1) is 11.3 Å². The molecule has 0 spiro atoms. The Morgan fingerprint density at radius 2 is 1.81 bits per heavy atom. The molecule has 0 radical (unpaired) electrons. The zero-order valence-electron chi connectivity index (χ0n) is 24.9. The lowest BCUT2D eigenvalue weighted by Crippen LogP contribution is -2.56. The van der Waals surface area contributed by atoms with Crippen molar-refractivity contribution in [2.45, 2.75) is 58.8 Å². The number of nitrogens with zero attached hydrogens (tertiary/aromatic N) is 2. The van der Waals surface area contributed by atoms with Crippen molar-refractivity contribution in [2.75, 3.05) is 39.5 Å². The van der Waals surface area contributed by atoms with Crippen LogP contribution >= 0.6 is 11.3 Å². The van der Waals surface area contributed by atoms with Gasteiger partial charge in [0, 0.05) is 32.1 Å². The summed E-state index contributed by atoms with van der Waals surface area (Å²) in [6.07, 6.45) is -1.84. The van der Waals surface area contributed by atoms with Gasteiger partial charge in [-0.05, 0) is 38.8 Å². The molecule has 13 nitrogen and oxygen atoms in total. The minimum Gasteiger partial charge on any atom is -0.465 e. The van der Waals surface area contributed by atoms with Crippen molar-refractivity contribution in [3.8, 4) is 10.4 Å². The fourth-order valence-corrected chi connectivity index (χ4v) is 5.39. The topological polar surface area (TPSA) is 179 Å². The van der Waals surface area contributed by atoms with Crippen molar-refractivity contribution in [1.29, 1.82) is 0 Å². The number of benzene rings is 1. The molecule has 43 heavy (non-hydrogen) atoms. The molecule has 3 rings (SSSR count). The summed E-state index contributed by atoms with van der Waals surface area (Å²) in [5, 5.41) is 26.7. The third kappa shape index (κ3) is 9.71. The first kappa shape index (κ1) is 33.9. The largest absolute Gasteiger partial charge is 0.465 e. The highest BCUT2D eigenvalue weighted by Crippen LogP contribution is 2.30. The van der Waals surface area contributed by atoms with Gasteiger partial charge in [0.2, 0.25) is 17.7 Å². The SMILES string of the molecule is Cc1ncsc1-c1ccc(CNC(=O)[C@@H]2C[C@@H](O)CN2C(=O)C(C)(C)[C@H](C)NC(=O)COCCOCCNC(=O)O)cc1. The minimum atomic E-state index is -1.13. The predicted molar refractivity (Wildman–Crippen MR) is 159 cm³/mol. The number of carbonyl (C=O) groups excluding carboxylic acids is 3. The first-order valence-electron chi connectivity index (χ1n) is 14.1. The summed E-state index contributed by atoms with van der Waals surface area (Å²) >= 11 is 1.57. The summed E-state index contributed by atoms with van der Waals surface area (Å²) < 4.78 is 10.5. The number of aliphatic hydroxyl groups is 1. The number of thiazole rings is 1. The highest BCUT2D eigenvalue weighted by Gasteiger charge is 2.46.